The second kappa shape index (κ2) is 6.70. The molecule has 0 aliphatic heterocycles. The maximum absolute atomic E-state index is 11.7. The third kappa shape index (κ3) is 4.27. The Hall–Kier alpha value is -1.14. The Kier molecular flexibility index (Phi) is 5.55. The van der Waals surface area contributed by atoms with Gasteiger partial charge in [0.2, 0.25) is 11.2 Å². The molecule has 1 aromatic rings. The Bertz CT molecular complexity index is 427. The van der Waals surface area contributed by atoms with Gasteiger partial charge in [0.1, 0.15) is 0 Å². The average molecular weight is 292 g/mol. The highest BCUT2D eigenvalue weighted by atomic mass is 35.5. The maximum Gasteiger partial charge on any atom is 0.245 e. The van der Waals surface area contributed by atoms with Crippen LogP contribution in [0.4, 0.5) is 5.82 Å². The number of hydrogen-bond acceptors (Lipinski definition) is 5. The zero-order chi connectivity index (χ0) is 13.7. The van der Waals surface area contributed by atoms with E-state index >= 15 is 0 Å². The molecule has 0 aromatic carbocycles. The normalized spacial score (nSPS) is 10.6. The van der Waals surface area contributed by atoms with Crippen molar-refractivity contribution in [3.05, 3.63) is 10.4 Å². The lowest BCUT2D eigenvalue weighted by molar-refractivity contribution is -0.120. The van der Waals surface area contributed by atoms with Crippen molar-refractivity contribution in [2.75, 3.05) is 18.0 Å². The first-order valence-corrected chi connectivity index (χ1v) is 6.29. The standard InChI is InChI=1S/C10H15Cl2N5O/c1-4-17(5-7(18)13-6(2)3)9-8(11)15-16-10(12)14-9/h6H,4-5H2,1-3H3,(H,13,18). The lowest BCUT2D eigenvalue weighted by Crippen LogP contribution is -2.40. The van der Waals surface area contributed by atoms with E-state index in [-0.39, 0.29) is 28.9 Å². The van der Waals surface area contributed by atoms with Crippen LogP contribution >= 0.6 is 23.2 Å². The molecule has 0 unspecified atom stereocenters. The van der Waals surface area contributed by atoms with E-state index in [0.717, 1.165) is 0 Å². The molecule has 1 N–H and O–H groups in total. The fourth-order valence-corrected chi connectivity index (χ4v) is 1.68. The van der Waals surface area contributed by atoms with Crippen LogP contribution < -0.4 is 10.2 Å². The van der Waals surface area contributed by atoms with Gasteiger partial charge in [0.05, 0.1) is 6.54 Å². The van der Waals surface area contributed by atoms with Gasteiger partial charge in [0.25, 0.3) is 0 Å². The van der Waals surface area contributed by atoms with Gasteiger partial charge in [-0.05, 0) is 32.4 Å². The van der Waals surface area contributed by atoms with Crippen LogP contribution in [0.1, 0.15) is 20.8 Å². The Morgan fingerprint density at radius 2 is 2.06 bits per heavy atom. The molecule has 0 bridgehead atoms. The summed E-state index contributed by atoms with van der Waals surface area (Å²) in [6.07, 6.45) is 0. The Morgan fingerprint density at radius 3 is 2.61 bits per heavy atom. The highest BCUT2D eigenvalue weighted by Gasteiger charge is 2.16. The predicted molar refractivity (Wildman–Crippen MR) is 71.0 cm³/mol. The second-order valence-corrected chi connectivity index (χ2v) is 4.63. The number of amides is 1. The molecule has 1 aromatic heterocycles. The van der Waals surface area contributed by atoms with E-state index in [2.05, 4.69) is 20.5 Å². The van der Waals surface area contributed by atoms with Gasteiger partial charge in [-0.3, -0.25) is 4.79 Å². The van der Waals surface area contributed by atoms with Crippen molar-refractivity contribution in [2.24, 2.45) is 0 Å². The number of nitrogens with zero attached hydrogens (tertiary/aromatic N) is 4. The third-order valence-corrected chi connectivity index (χ3v) is 2.47. The number of halogens is 2. The molecule has 0 fully saturated rings. The molecule has 18 heavy (non-hydrogen) atoms. The van der Waals surface area contributed by atoms with Crippen LogP contribution in [-0.2, 0) is 4.79 Å². The molecule has 0 saturated carbocycles. The summed E-state index contributed by atoms with van der Waals surface area (Å²) in [4.78, 5) is 17.4. The van der Waals surface area contributed by atoms with Crippen molar-refractivity contribution in [2.45, 2.75) is 26.8 Å². The number of hydrogen-bond donors (Lipinski definition) is 1. The summed E-state index contributed by atoms with van der Waals surface area (Å²) >= 11 is 11.6. The molecule has 8 heteroatoms. The zero-order valence-electron chi connectivity index (χ0n) is 10.4. The molecule has 1 heterocycles. The number of nitrogens with one attached hydrogen (secondary N) is 1. The number of aromatic nitrogens is 3. The van der Waals surface area contributed by atoms with Gasteiger partial charge in [0, 0.05) is 12.6 Å². The fourth-order valence-electron chi connectivity index (χ4n) is 1.36. The Morgan fingerprint density at radius 1 is 1.39 bits per heavy atom. The molecular formula is C10H15Cl2N5O. The number of anilines is 1. The highest BCUT2D eigenvalue weighted by molar-refractivity contribution is 6.32. The fraction of sp³-hybridized carbons (Fsp3) is 0.600. The SMILES string of the molecule is CCN(CC(=O)NC(C)C)c1nc(Cl)nnc1Cl. The summed E-state index contributed by atoms with van der Waals surface area (Å²) in [6.45, 7) is 6.37. The highest BCUT2D eigenvalue weighted by Crippen LogP contribution is 2.20. The molecule has 0 atom stereocenters. The van der Waals surface area contributed by atoms with E-state index in [4.69, 9.17) is 23.2 Å². The van der Waals surface area contributed by atoms with Crippen molar-refractivity contribution in [1.29, 1.82) is 0 Å². The lowest BCUT2D eigenvalue weighted by atomic mass is 10.3. The minimum Gasteiger partial charge on any atom is -0.352 e. The molecule has 0 spiro atoms. The van der Waals surface area contributed by atoms with Crippen LogP contribution in [0.25, 0.3) is 0 Å². The summed E-state index contributed by atoms with van der Waals surface area (Å²) in [6, 6.07) is 0.0822. The van der Waals surface area contributed by atoms with Gasteiger partial charge in [-0.25, -0.2) is 0 Å². The minimum absolute atomic E-state index is 0.00267. The number of carbonyl (C=O) groups excluding carboxylic acids is 1. The molecule has 1 rings (SSSR count). The van der Waals surface area contributed by atoms with Gasteiger partial charge in [0.15, 0.2) is 11.0 Å². The Labute approximate surface area is 116 Å². The summed E-state index contributed by atoms with van der Waals surface area (Å²) in [7, 11) is 0. The number of carbonyl (C=O) groups is 1. The topological polar surface area (TPSA) is 71.0 Å². The number of likely N-dealkylation sites (N-methyl/N-ethyl adjacent to an activating group) is 1. The average Bonchev–Trinajstić information content (AvgIpc) is 2.28. The van der Waals surface area contributed by atoms with Crippen LogP contribution in [0.5, 0.6) is 0 Å². The van der Waals surface area contributed by atoms with Gasteiger partial charge < -0.3 is 10.2 Å². The van der Waals surface area contributed by atoms with Crippen LogP contribution in [0.3, 0.4) is 0 Å². The molecule has 1 amide bonds. The summed E-state index contributed by atoms with van der Waals surface area (Å²) in [5, 5.41) is 10.1. The molecule has 0 aliphatic carbocycles. The molecule has 100 valence electrons. The molecule has 0 saturated heterocycles. The first-order valence-electron chi connectivity index (χ1n) is 5.54. The molecule has 6 nitrogen and oxygen atoms in total. The van der Waals surface area contributed by atoms with Gasteiger partial charge >= 0.3 is 0 Å². The van der Waals surface area contributed by atoms with Crippen molar-refractivity contribution >= 4 is 34.9 Å². The van der Waals surface area contributed by atoms with E-state index in [1.54, 1.807) is 4.90 Å². The lowest BCUT2D eigenvalue weighted by Gasteiger charge is -2.22. The van der Waals surface area contributed by atoms with Crippen molar-refractivity contribution in [3.8, 4) is 0 Å². The van der Waals surface area contributed by atoms with E-state index in [9.17, 15) is 4.79 Å². The summed E-state index contributed by atoms with van der Waals surface area (Å²) < 4.78 is 0. The third-order valence-electron chi connectivity index (χ3n) is 2.07. The van der Waals surface area contributed by atoms with Crippen LogP contribution in [-0.4, -0.2) is 40.2 Å². The van der Waals surface area contributed by atoms with Gasteiger partial charge in [-0.1, -0.05) is 11.6 Å². The maximum atomic E-state index is 11.7. The molecule has 0 aliphatic rings. The van der Waals surface area contributed by atoms with E-state index in [0.29, 0.717) is 12.4 Å². The molecular weight excluding hydrogens is 277 g/mol. The smallest absolute Gasteiger partial charge is 0.245 e. The van der Waals surface area contributed by atoms with Crippen LogP contribution in [0.2, 0.25) is 10.4 Å². The van der Waals surface area contributed by atoms with E-state index in [1.807, 2.05) is 20.8 Å². The first kappa shape index (κ1) is 14.9. The van der Waals surface area contributed by atoms with Crippen molar-refractivity contribution in [1.82, 2.24) is 20.5 Å². The van der Waals surface area contributed by atoms with Crippen molar-refractivity contribution < 1.29 is 4.79 Å². The number of rotatable bonds is 5. The summed E-state index contributed by atoms with van der Waals surface area (Å²) in [5.41, 5.74) is 0. The second-order valence-electron chi connectivity index (χ2n) is 3.93. The zero-order valence-corrected chi connectivity index (χ0v) is 12.0. The van der Waals surface area contributed by atoms with Gasteiger partial charge in [-0.15, -0.1) is 10.2 Å². The largest absolute Gasteiger partial charge is 0.352 e. The van der Waals surface area contributed by atoms with Crippen LogP contribution in [0.15, 0.2) is 0 Å². The minimum atomic E-state index is -0.113. The molecule has 0 radical (unpaired) electrons. The van der Waals surface area contributed by atoms with Crippen molar-refractivity contribution in [3.63, 3.8) is 0 Å². The van der Waals surface area contributed by atoms with E-state index < -0.39 is 0 Å². The first-order chi connectivity index (χ1) is 8.43. The van der Waals surface area contributed by atoms with Crippen LogP contribution in [0, 0.1) is 0 Å². The monoisotopic (exact) mass is 291 g/mol. The quantitative estimate of drug-likeness (QED) is 0.891. The van der Waals surface area contributed by atoms with Gasteiger partial charge in [-0.2, -0.15) is 4.98 Å². The van der Waals surface area contributed by atoms with E-state index in [1.165, 1.54) is 0 Å². The summed E-state index contributed by atoms with van der Waals surface area (Å²) in [5.74, 6) is 0.246. The predicted octanol–water partition coefficient (Wildman–Crippen LogP) is 1.53. The Balaban J connectivity index is 2.83.